The number of thiazole rings is 1. The molecule has 1 aromatic heterocycles. The van der Waals surface area contributed by atoms with Crippen LogP contribution in [0.2, 0.25) is 0 Å². The lowest BCUT2D eigenvalue weighted by Crippen LogP contribution is -2.22. The predicted octanol–water partition coefficient (Wildman–Crippen LogP) is 2.40. The Morgan fingerprint density at radius 1 is 1.29 bits per heavy atom. The van der Waals surface area contributed by atoms with Crippen molar-refractivity contribution in [3.8, 4) is 6.07 Å². The molecule has 0 aliphatic rings. The molecule has 0 saturated carbocycles. The molecule has 0 saturated heterocycles. The van der Waals surface area contributed by atoms with Crippen LogP contribution in [0, 0.1) is 21.4 Å². The minimum absolute atomic E-state index is 0.107. The molecule has 1 amide bonds. The molecule has 0 fully saturated rings. The minimum Gasteiger partial charge on any atom is -0.468 e. The number of carbonyl (C=O) groups is 2. The molecular weight excluding hydrogens is 384 g/mol. The van der Waals surface area contributed by atoms with E-state index in [-0.39, 0.29) is 22.6 Å². The van der Waals surface area contributed by atoms with Gasteiger partial charge in [0.1, 0.15) is 6.54 Å². The van der Waals surface area contributed by atoms with Crippen molar-refractivity contribution in [2.24, 2.45) is 4.99 Å². The Labute approximate surface area is 161 Å². The number of amides is 1. The highest BCUT2D eigenvalue weighted by molar-refractivity contribution is 7.16. The third kappa shape index (κ3) is 3.79. The van der Waals surface area contributed by atoms with Crippen molar-refractivity contribution < 1.29 is 19.2 Å². The predicted molar refractivity (Wildman–Crippen MR) is 99.5 cm³/mol. The number of hydrogen-bond donors (Lipinski definition) is 0. The summed E-state index contributed by atoms with van der Waals surface area (Å²) in [6.45, 7) is -0.201. The molecule has 0 unspecified atom stereocenters. The lowest BCUT2D eigenvalue weighted by atomic mass is 10.1. The quantitative estimate of drug-likeness (QED) is 0.378. The first-order chi connectivity index (χ1) is 13.4. The zero-order valence-corrected chi connectivity index (χ0v) is 15.3. The average molecular weight is 396 g/mol. The number of benzene rings is 2. The van der Waals surface area contributed by atoms with Crippen LogP contribution in [-0.4, -0.2) is 28.5 Å². The molecule has 0 radical (unpaired) electrons. The maximum atomic E-state index is 12.5. The van der Waals surface area contributed by atoms with Crippen molar-refractivity contribution in [1.82, 2.24) is 4.57 Å². The SMILES string of the molecule is COC(=O)Cn1c(=NC(=O)c2ccc(C#N)cc2)sc2cc([N+](=O)[O-])ccc21. The molecule has 0 atom stereocenters. The second-order valence-electron chi connectivity index (χ2n) is 5.56. The number of carbonyl (C=O) groups excluding carboxylic acids is 2. The van der Waals surface area contributed by atoms with Crippen LogP contribution in [0.4, 0.5) is 5.69 Å². The molecule has 0 aliphatic carbocycles. The summed E-state index contributed by atoms with van der Waals surface area (Å²) in [6, 6.07) is 12.1. The Morgan fingerprint density at radius 3 is 2.61 bits per heavy atom. The standard InChI is InChI=1S/C18H12N4O5S/c1-27-16(23)10-21-14-7-6-13(22(25)26)8-15(14)28-18(21)20-17(24)12-4-2-11(9-19)3-5-12/h2-8H,10H2,1H3. The van der Waals surface area contributed by atoms with E-state index in [0.29, 0.717) is 15.8 Å². The summed E-state index contributed by atoms with van der Waals surface area (Å²) in [7, 11) is 1.24. The second kappa shape index (κ2) is 7.81. The van der Waals surface area contributed by atoms with E-state index in [9.17, 15) is 19.7 Å². The largest absolute Gasteiger partial charge is 0.468 e. The van der Waals surface area contributed by atoms with Crippen molar-refractivity contribution in [2.45, 2.75) is 6.54 Å². The molecule has 0 bridgehead atoms. The van der Waals surface area contributed by atoms with Gasteiger partial charge in [-0.2, -0.15) is 10.3 Å². The number of ether oxygens (including phenoxy) is 1. The lowest BCUT2D eigenvalue weighted by molar-refractivity contribution is -0.384. The summed E-state index contributed by atoms with van der Waals surface area (Å²) in [5, 5.41) is 19.8. The first-order valence-corrected chi connectivity index (χ1v) is 8.68. The van der Waals surface area contributed by atoms with E-state index in [0.717, 1.165) is 11.3 Å². The second-order valence-corrected chi connectivity index (χ2v) is 6.57. The summed E-state index contributed by atoms with van der Waals surface area (Å²) in [5.41, 5.74) is 1.09. The van der Waals surface area contributed by atoms with Crippen LogP contribution in [-0.2, 0) is 16.1 Å². The lowest BCUT2D eigenvalue weighted by Gasteiger charge is -2.03. The zero-order valence-electron chi connectivity index (χ0n) is 14.5. The summed E-state index contributed by atoms with van der Waals surface area (Å²) in [6.07, 6.45) is 0. The highest BCUT2D eigenvalue weighted by Crippen LogP contribution is 2.23. The van der Waals surface area contributed by atoms with Crippen molar-refractivity contribution in [3.05, 3.63) is 68.5 Å². The number of hydrogen-bond acceptors (Lipinski definition) is 7. The van der Waals surface area contributed by atoms with Gasteiger partial charge < -0.3 is 9.30 Å². The van der Waals surface area contributed by atoms with E-state index in [1.165, 1.54) is 54.1 Å². The number of nitro benzene ring substituents is 1. The summed E-state index contributed by atoms with van der Waals surface area (Å²) in [5.74, 6) is -1.12. The fourth-order valence-corrected chi connectivity index (χ4v) is 3.51. The first kappa shape index (κ1) is 18.9. The van der Waals surface area contributed by atoms with Gasteiger partial charge >= 0.3 is 5.97 Å². The van der Waals surface area contributed by atoms with Gasteiger partial charge in [0.15, 0.2) is 4.80 Å². The van der Waals surface area contributed by atoms with E-state index in [4.69, 9.17) is 5.26 Å². The van der Waals surface area contributed by atoms with Crippen LogP contribution >= 0.6 is 11.3 Å². The fourth-order valence-electron chi connectivity index (χ4n) is 2.45. The molecule has 9 nitrogen and oxygen atoms in total. The first-order valence-electron chi connectivity index (χ1n) is 7.86. The zero-order chi connectivity index (χ0) is 20.3. The van der Waals surface area contributed by atoms with E-state index in [1.807, 2.05) is 6.07 Å². The smallest absolute Gasteiger partial charge is 0.325 e. The van der Waals surface area contributed by atoms with Crippen molar-refractivity contribution >= 4 is 39.1 Å². The number of non-ortho nitro benzene ring substituents is 1. The molecule has 3 rings (SSSR count). The number of methoxy groups -OCH3 is 1. The Balaban J connectivity index is 2.13. The third-order valence-electron chi connectivity index (χ3n) is 3.85. The van der Waals surface area contributed by atoms with Gasteiger partial charge in [0.05, 0.1) is 33.9 Å². The molecule has 28 heavy (non-hydrogen) atoms. The monoisotopic (exact) mass is 396 g/mol. The normalized spacial score (nSPS) is 11.2. The molecule has 1 heterocycles. The molecule has 2 aromatic carbocycles. The maximum absolute atomic E-state index is 12.5. The Morgan fingerprint density at radius 2 is 2.00 bits per heavy atom. The van der Waals surface area contributed by atoms with Crippen LogP contribution in [0.1, 0.15) is 15.9 Å². The van der Waals surface area contributed by atoms with Crippen LogP contribution in [0.15, 0.2) is 47.5 Å². The van der Waals surface area contributed by atoms with E-state index in [2.05, 4.69) is 9.73 Å². The number of rotatable bonds is 4. The Kier molecular flexibility index (Phi) is 5.28. The van der Waals surface area contributed by atoms with Gasteiger partial charge in [0.25, 0.3) is 11.6 Å². The number of aromatic nitrogens is 1. The highest BCUT2D eigenvalue weighted by Gasteiger charge is 2.15. The van der Waals surface area contributed by atoms with Gasteiger partial charge in [0, 0.05) is 17.7 Å². The number of fused-ring (bicyclic) bond motifs is 1. The fraction of sp³-hybridized carbons (Fsp3) is 0.111. The van der Waals surface area contributed by atoms with E-state index in [1.54, 1.807) is 0 Å². The van der Waals surface area contributed by atoms with Gasteiger partial charge in [-0.15, -0.1) is 0 Å². The number of nitro groups is 1. The molecule has 10 heteroatoms. The summed E-state index contributed by atoms with van der Waals surface area (Å²) >= 11 is 1.05. The van der Waals surface area contributed by atoms with Gasteiger partial charge in [-0.05, 0) is 30.3 Å². The molecule has 140 valence electrons. The summed E-state index contributed by atoms with van der Waals surface area (Å²) < 4.78 is 6.66. The average Bonchev–Trinajstić information content (AvgIpc) is 3.03. The van der Waals surface area contributed by atoms with E-state index < -0.39 is 16.8 Å². The molecule has 3 aromatic rings. The third-order valence-corrected chi connectivity index (χ3v) is 4.89. The van der Waals surface area contributed by atoms with Gasteiger partial charge in [-0.25, -0.2) is 0 Å². The Bertz CT molecular complexity index is 1200. The number of nitriles is 1. The maximum Gasteiger partial charge on any atom is 0.325 e. The van der Waals surface area contributed by atoms with Crippen LogP contribution in [0.5, 0.6) is 0 Å². The molecule has 0 spiro atoms. The molecule has 0 aliphatic heterocycles. The van der Waals surface area contributed by atoms with Gasteiger partial charge in [0.2, 0.25) is 0 Å². The van der Waals surface area contributed by atoms with Crippen LogP contribution in [0.25, 0.3) is 10.2 Å². The molecule has 0 N–H and O–H groups in total. The Hall–Kier alpha value is -3.84. The minimum atomic E-state index is -0.566. The number of esters is 1. The highest BCUT2D eigenvalue weighted by atomic mass is 32.1. The van der Waals surface area contributed by atoms with Crippen molar-refractivity contribution in [2.75, 3.05) is 7.11 Å². The van der Waals surface area contributed by atoms with Gasteiger partial charge in [-0.1, -0.05) is 11.3 Å². The topological polar surface area (TPSA) is 128 Å². The molecular formula is C18H12N4O5S. The van der Waals surface area contributed by atoms with Crippen molar-refractivity contribution in [1.29, 1.82) is 5.26 Å². The summed E-state index contributed by atoms with van der Waals surface area (Å²) in [4.78, 5) is 39.0. The van der Waals surface area contributed by atoms with Gasteiger partial charge in [-0.3, -0.25) is 19.7 Å². The van der Waals surface area contributed by atoms with Crippen molar-refractivity contribution in [3.63, 3.8) is 0 Å². The van der Waals surface area contributed by atoms with Crippen LogP contribution in [0.3, 0.4) is 0 Å². The van der Waals surface area contributed by atoms with E-state index >= 15 is 0 Å². The number of nitrogens with zero attached hydrogens (tertiary/aromatic N) is 4. The van der Waals surface area contributed by atoms with Crippen LogP contribution < -0.4 is 4.80 Å².